The normalized spacial score (nSPS) is 16.3. The van der Waals surface area contributed by atoms with Crippen LogP contribution in [0.25, 0.3) is 10.9 Å². The van der Waals surface area contributed by atoms with Crippen LogP contribution < -0.4 is 10.2 Å². The van der Waals surface area contributed by atoms with Crippen molar-refractivity contribution >= 4 is 40.1 Å². The first kappa shape index (κ1) is 19.4. The third-order valence-corrected chi connectivity index (χ3v) is 6.00. The van der Waals surface area contributed by atoms with E-state index in [-0.39, 0.29) is 12.5 Å². The molecule has 2 heterocycles. The molecule has 1 atom stereocenters. The van der Waals surface area contributed by atoms with E-state index in [0.717, 1.165) is 30.2 Å². The minimum absolute atomic E-state index is 0.112. The number of carbonyl (C=O) groups is 3. The molecule has 2 aromatic carbocycles. The standard InChI is InChI=1S/C24H23N3O4/c1-14(23(29)27-13-22(28)26-20-8-4-5-9-21(20)27)31-24(30)15-10-11-19-17(12-15)16-6-2-3-7-18(16)25-19/h4-5,8-12,14,25H,2-3,6-7,13H2,1H3,(H,26,28). The number of amides is 2. The number of benzene rings is 2. The molecule has 31 heavy (non-hydrogen) atoms. The number of hydrogen-bond acceptors (Lipinski definition) is 4. The van der Waals surface area contributed by atoms with Crippen molar-refractivity contribution in [1.29, 1.82) is 0 Å². The number of hydrogen-bond donors (Lipinski definition) is 2. The van der Waals surface area contributed by atoms with Crippen LogP contribution in [0.1, 0.15) is 41.4 Å². The van der Waals surface area contributed by atoms with Gasteiger partial charge in [0.05, 0.1) is 16.9 Å². The van der Waals surface area contributed by atoms with Gasteiger partial charge in [-0.3, -0.25) is 14.5 Å². The second-order valence-electron chi connectivity index (χ2n) is 8.09. The highest BCUT2D eigenvalue weighted by atomic mass is 16.5. The number of esters is 1. The number of nitrogens with one attached hydrogen (secondary N) is 2. The number of ether oxygens (including phenoxy) is 1. The lowest BCUT2D eigenvalue weighted by atomic mass is 9.95. The number of fused-ring (bicyclic) bond motifs is 4. The molecule has 5 rings (SSSR count). The molecule has 7 heteroatoms. The van der Waals surface area contributed by atoms with Crippen LogP contribution in [0.5, 0.6) is 0 Å². The molecule has 1 aromatic heterocycles. The Labute approximate surface area is 179 Å². The molecule has 158 valence electrons. The quantitative estimate of drug-likeness (QED) is 0.638. The lowest BCUT2D eigenvalue weighted by Crippen LogP contribution is -2.47. The molecule has 2 amide bonds. The van der Waals surface area contributed by atoms with E-state index in [2.05, 4.69) is 10.3 Å². The average molecular weight is 417 g/mol. The van der Waals surface area contributed by atoms with Crippen LogP contribution in [0.15, 0.2) is 42.5 Å². The number of para-hydroxylation sites is 2. The Morgan fingerprint density at radius 2 is 1.90 bits per heavy atom. The summed E-state index contributed by atoms with van der Waals surface area (Å²) in [5.41, 5.74) is 5.11. The Morgan fingerprint density at radius 1 is 1.10 bits per heavy atom. The molecule has 3 aromatic rings. The van der Waals surface area contributed by atoms with Gasteiger partial charge in [-0.05, 0) is 68.5 Å². The predicted octanol–water partition coefficient (Wildman–Crippen LogP) is 3.58. The van der Waals surface area contributed by atoms with Crippen molar-refractivity contribution in [3.05, 3.63) is 59.3 Å². The number of H-pyrrole nitrogens is 1. The molecule has 0 spiro atoms. The maximum Gasteiger partial charge on any atom is 0.338 e. The van der Waals surface area contributed by atoms with Gasteiger partial charge in [0, 0.05) is 16.6 Å². The zero-order chi connectivity index (χ0) is 21.5. The smallest absolute Gasteiger partial charge is 0.338 e. The van der Waals surface area contributed by atoms with Crippen LogP contribution in [0.4, 0.5) is 11.4 Å². The number of anilines is 2. The topological polar surface area (TPSA) is 91.5 Å². The first-order valence-electron chi connectivity index (χ1n) is 10.6. The predicted molar refractivity (Wildman–Crippen MR) is 117 cm³/mol. The molecule has 0 saturated heterocycles. The summed E-state index contributed by atoms with van der Waals surface area (Å²) in [4.78, 5) is 42.6. The number of rotatable bonds is 3. The van der Waals surface area contributed by atoms with Crippen molar-refractivity contribution in [2.75, 3.05) is 16.8 Å². The first-order valence-corrected chi connectivity index (χ1v) is 10.6. The molecule has 7 nitrogen and oxygen atoms in total. The minimum atomic E-state index is -1.03. The summed E-state index contributed by atoms with van der Waals surface area (Å²) in [6, 6.07) is 12.5. The Bertz CT molecular complexity index is 1210. The summed E-state index contributed by atoms with van der Waals surface area (Å²) in [5.74, 6) is -1.27. The summed E-state index contributed by atoms with van der Waals surface area (Å²) in [6.45, 7) is 1.42. The molecule has 2 N–H and O–H groups in total. The van der Waals surface area contributed by atoms with Crippen molar-refractivity contribution in [3.63, 3.8) is 0 Å². The highest BCUT2D eigenvalue weighted by Crippen LogP contribution is 2.31. The fourth-order valence-electron chi connectivity index (χ4n) is 4.46. The zero-order valence-electron chi connectivity index (χ0n) is 17.2. The molecular weight excluding hydrogens is 394 g/mol. The van der Waals surface area contributed by atoms with Crippen molar-refractivity contribution in [2.24, 2.45) is 0 Å². The van der Waals surface area contributed by atoms with Gasteiger partial charge in [0.1, 0.15) is 6.54 Å². The van der Waals surface area contributed by atoms with Crippen molar-refractivity contribution in [1.82, 2.24) is 4.98 Å². The molecule has 0 bridgehead atoms. The fourth-order valence-corrected chi connectivity index (χ4v) is 4.46. The van der Waals surface area contributed by atoms with Gasteiger partial charge in [0.25, 0.3) is 5.91 Å². The average Bonchev–Trinajstić information content (AvgIpc) is 3.15. The van der Waals surface area contributed by atoms with E-state index < -0.39 is 18.0 Å². The van der Waals surface area contributed by atoms with Crippen LogP contribution in [0, 0.1) is 0 Å². The fraction of sp³-hybridized carbons (Fsp3) is 0.292. The van der Waals surface area contributed by atoms with Gasteiger partial charge < -0.3 is 15.0 Å². The van der Waals surface area contributed by atoms with Crippen LogP contribution in [-0.2, 0) is 27.2 Å². The van der Waals surface area contributed by atoms with Crippen molar-refractivity contribution in [3.8, 4) is 0 Å². The highest BCUT2D eigenvalue weighted by Gasteiger charge is 2.31. The maximum absolute atomic E-state index is 13.0. The summed E-state index contributed by atoms with van der Waals surface area (Å²) in [6.07, 6.45) is 3.32. The Balaban J connectivity index is 1.36. The van der Waals surface area contributed by atoms with Crippen LogP contribution in [-0.4, -0.2) is 35.4 Å². The lowest BCUT2D eigenvalue weighted by Gasteiger charge is -2.30. The number of aryl methyl sites for hydroxylation is 2. The maximum atomic E-state index is 13.0. The van der Waals surface area contributed by atoms with Gasteiger partial charge in [-0.2, -0.15) is 0 Å². The van der Waals surface area contributed by atoms with Gasteiger partial charge in [0.2, 0.25) is 5.91 Å². The van der Waals surface area contributed by atoms with E-state index >= 15 is 0 Å². The van der Waals surface area contributed by atoms with E-state index in [9.17, 15) is 14.4 Å². The number of aromatic amines is 1. The van der Waals surface area contributed by atoms with Gasteiger partial charge in [-0.1, -0.05) is 12.1 Å². The zero-order valence-corrected chi connectivity index (χ0v) is 17.2. The summed E-state index contributed by atoms with van der Waals surface area (Å²) in [7, 11) is 0. The van der Waals surface area contributed by atoms with Gasteiger partial charge >= 0.3 is 5.97 Å². The SMILES string of the molecule is CC(OC(=O)c1ccc2[nH]c3c(c2c1)CCCC3)C(=O)N1CC(=O)Nc2ccccc21. The molecular formula is C24H23N3O4. The second-order valence-corrected chi connectivity index (χ2v) is 8.09. The summed E-state index contributed by atoms with van der Waals surface area (Å²) in [5, 5.41) is 3.79. The van der Waals surface area contributed by atoms with E-state index in [1.165, 1.54) is 29.5 Å². The monoisotopic (exact) mass is 417 g/mol. The van der Waals surface area contributed by atoms with Gasteiger partial charge in [0.15, 0.2) is 6.10 Å². The molecule has 1 aliphatic carbocycles. The number of aromatic nitrogens is 1. The van der Waals surface area contributed by atoms with Crippen LogP contribution >= 0.6 is 0 Å². The third-order valence-electron chi connectivity index (χ3n) is 6.00. The van der Waals surface area contributed by atoms with Crippen molar-refractivity contribution < 1.29 is 19.1 Å². The van der Waals surface area contributed by atoms with Crippen LogP contribution in [0.3, 0.4) is 0 Å². The summed E-state index contributed by atoms with van der Waals surface area (Å²) >= 11 is 0. The van der Waals surface area contributed by atoms with Crippen LogP contribution in [0.2, 0.25) is 0 Å². The van der Waals surface area contributed by atoms with Gasteiger partial charge in [-0.15, -0.1) is 0 Å². The van der Waals surface area contributed by atoms with E-state index in [1.807, 2.05) is 12.1 Å². The Morgan fingerprint density at radius 3 is 2.77 bits per heavy atom. The molecule has 1 unspecified atom stereocenters. The van der Waals surface area contributed by atoms with Crippen molar-refractivity contribution in [2.45, 2.75) is 38.7 Å². The Hall–Kier alpha value is -3.61. The number of nitrogens with zero attached hydrogens (tertiary/aromatic N) is 1. The molecule has 2 aliphatic rings. The highest BCUT2D eigenvalue weighted by molar-refractivity contribution is 6.11. The van der Waals surface area contributed by atoms with E-state index in [0.29, 0.717) is 16.9 Å². The Kier molecular flexibility index (Phi) is 4.73. The third kappa shape index (κ3) is 3.46. The molecule has 0 fully saturated rings. The van der Waals surface area contributed by atoms with Gasteiger partial charge in [-0.25, -0.2) is 4.79 Å². The molecule has 1 aliphatic heterocycles. The summed E-state index contributed by atoms with van der Waals surface area (Å²) < 4.78 is 5.50. The van der Waals surface area contributed by atoms with E-state index in [4.69, 9.17) is 4.74 Å². The first-order chi connectivity index (χ1) is 15.0. The van der Waals surface area contributed by atoms with E-state index in [1.54, 1.807) is 30.3 Å². The number of carbonyl (C=O) groups excluding carboxylic acids is 3. The molecule has 0 radical (unpaired) electrons. The molecule has 0 saturated carbocycles. The second kappa shape index (κ2) is 7.58. The largest absolute Gasteiger partial charge is 0.449 e. The lowest BCUT2D eigenvalue weighted by molar-refractivity contribution is -0.128. The minimum Gasteiger partial charge on any atom is -0.449 e.